The van der Waals surface area contributed by atoms with Crippen LogP contribution in [0.2, 0.25) is 0 Å². The summed E-state index contributed by atoms with van der Waals surface area (Å²) in [5.41, 5.74) is 1.19. The van der Waals surface area contributed by atoms with Gasteiger partial charge in [0, 0.05) is 5.56 Å². The number of ketones is 2. The minimum atomic E-state index is -0.994. The van der Waals surface area contributed by atoms with E-state index < -0.39 is 17.7 Å². The zero-order valence-corrected chi connectivity index (χ0v) is 12.8. The van der Waals surface area contributed by atoms with Gasteiger partial charge in [-0.25, -0.2) is 4.79 Å². The monoisotopic (exact) mass is 306 g/mol. The molecule has 0 saturated carbocycles. The Morgan fingerprint density at radius 1 is 1.09 bits per heavy atom. The van der Waals surface area contributed by atoms with Crippen LogP contribution in [-0.4, -0.2) is 38.9 Å². The summed E-state index contributed by atoms with van der Waals surface area (Å²) in [6.45, 7) is 0. The van der Waals surface area contributed by atoms with Crippen LogP contribution in [0.5, 0.6) is 11.5 Å². The van der Waals surface area contributed by atoms with Gasteiger partial charge >= 0.3 is 5.97 Å². The number of benzene rings is 1. The van der Waals surface area contributed by atoms with Crippen molar-refractivity contribution < 1.29 is 28.6 Å². The van der Waals surface area contributed by atoms with Gasteiger partial charge in [0.15, 0.2) is 17.3 Å². The van der Waals surface area contributed by atoms with Crippen LogP contribution in [0.25, 0.3) is 0 Å². The lowest BCUT2D eigenvalue weighted by molar-refractivity contribution is -0.152. The van der Waals surface area contributed by atoms with Gasteiger partial charge in [0.1, 0.15) is 0 Å². The van der Waals surface area contributed by atoms with Crippen molar-refractivity contribution in [2.45, 2.75) is 19.3 Å². The number of ether oxygens (including phenoxy) is 3. The Hall–Kier alpha value is -2.37. The molecule has 6 heteroatoms. The SMILES string of the molecule is COC(=O)C(=O)[C@@H]1CCCc2cc(OC)c(OC)cc2C1=O. The van der Waals surface area contributed by atoms with Crippen LogP contribution >= 0.6 is 0 Å². The second kappa shape index (κ2) is 6.60. The fraction of sp³-hybridized carbons (Fsp3) is 0.438. The van der Waals surface area contributed by atoms with E-state index in [1.54, 1.807) is 12.1 Å². The molecule has 2 rings (SSSR count). The van der Waals surface area contributed by atoms with E-state index in [2.05, 4.69) is 4.74 Å². The maximum absolute atomic E-state index is 12.6. The van der Waals surface area contributed by atoms with Crippen LogP contribution in [0, 0.1) is 5.92 Å². The summed E-state index contributed by atoms with van der Waals surface area (Å²) in [6, 6.07) is 3.32. The molecule has 0 saturated heterocycles. The minimum Gasteiger partial charge on any atom is -0.493 e. The summed E-state index contributed by atoms with van der Waals surface area (Å²) in [5.74, 6) is -2.19. The zero-order chi connectivity index (χ0) is 16.3. The smallest absolute Gasteiger partial charge is 0.375 e. The number of methoxy groups -OCH3 is 3. The van der Waals surface area contributed by atoms with E-state index in [9.17, 15) is 14.4 Å². The van der Waals surface area contributed by atoms with Gasteiger partial charge in [0.2, 0.25) is 0 Å². The van der Waals surface area contributed by atoms with Gasteiger partial charge in [-0.1, -0.05) is 0 Å². The number of fused-ring (bicyclic) bond motifs is 1. The van der Waals surface area contributed by atoms with E-state index in [1.807, 2.05) is 0 Å². The van der Waals surface area contributed by atoms with Gasteiger partial charge in [0.25, 0.3) is 5.78 Å². The van der Waals surface area contributed by atoms with E-state index in [-0.39, 0.29) is 5.78 Å². The average molecular weight is 306 g/mol. The van der Waals surface area contributed by atoms with E-state index in [0.29, 0.717) is 36.3 Å². The highest BCUT2D eigenvalue weighted by atomic mass is 16.5. The first-order chi connectivity index (χ1) is 10.5. The summed E-state index contributed by atoms with van der Waals surface area (Å²) in [7, 11) is 4.12. The fourth-order valence-electron chi connectivity index (χ4n) is 2.67. The molecule has 1 atom stereocenters. The van der Waals surface area contributed by atoms with E-state index in [0.717, 1.165) is 12.7 Å². The first kappa shape index (κ1) is 16.0. The number of Topliss-reactive ketones (excluding diaryl/α,β-unsaturated/α-hetero) is 2. The van der Waals surface area contributed by atoms with Crippen molar-refractivity contribution in [1.29, 1.82) is 0 Å². The van der Waals surface area contributed by atoms with Crippen LogP contribution in [0.4, 0.5) is 0 Å². The standard InChI is InChI=1S/C16H18O6/c1-20-12-7-9-5-4-6-10(15(18)16(19)22-3)14(17)11(9)8-13(12)21-2/h7-8,10H,4-6H2,1-3H3/t10-/m1/s1. The van der Waals surface area contributed by atoms with Crippen LogP contribution in [0.15, 0.2) is 12.1 Å². The number of hydrogen-bond acceptors (Lipinski definition) is 6. The molecule has 22 heavy (non-hydrogen) atoms. The van der Waals surface area contributed by atoms with Gasteiger partial charge in [-0.3, -0.25) is 9.59 Å². The van der Waals surface area contributed by atoms with Crippen LogP contribution in [0.1, 0.15) is 28.8 Å². The Labute approximate surface area is 128 Å². The Bertz CT molecular complexity index is 619. The van der Waals surface area contributed by atoms with Crippen molar-refractivity contribution in [3.8, 4) is 11.5 Å². The predicted octanol–water partition coefficient (Wildman–Crippen LogP) is 1.58. The molecule has 0 fully saturated rings. The molecule has 1 aliphatic rings. The number of rotatable bonds is 4. The molecule has 0 spiro atoms. The molecule has 0 aliphatic heterocycles. The molecular formula is C16H18O6. The molecule has 118 valence electrons. The van der Waals surface area contributed by atoms with Gasteiger partial charge < -0.3 is 14.2 Å². The third-order valence-electron chi connectivity index (χ3n) is 3.83. The van der Waals surface area contributed by atoms with Crippen LogP contribution in [-0.2, 0) is 20.7 Å². The number of carbonyl (C=O) groups is 3. The predicted molar refractivity (Wildman–Crippen MR) is 77.3 cm³/mol. The Morgan fingerprint density at radius 3 is 2.32 bits per heavy atom. The largest absolute Gasteiger partial charge is 0.493 e. The molecule has 0 unspecified atom stereocenters. The number of carbonyl (C=O) groups excluding carboxylic acids is 3. The summed E-state index contributed by atoms with van der Waals surface area (Å²) in [6.07, 6.45) is 1.58. The average Bonchev–Trinajstić information content (AvgIpc) is 2.71. The maximum Gasteiger partial charge on any atom is 0.375 e. The lowest BCUT2D eigenvalue weighted by atomic mass is 9.91. The van der Waals surface area contributed by atoms with E-state index >= 15 is 0 Å². The topological polar surface area (TPSA) is 78.9 Å². The molecule has 1 aromatic rings. The lowest BCUT2D eigenvalue weighted by Crippen LogP contribution is -2.30. The summed E-state index contributed by atoms with van der Waals surface area (Å²) >= 11 is 0. The molecule has 0 heterocycles. The molecule has 0 radical (unpaired) electrons. The van der Waals surface area contributed by atoms with E-state index in [4.69, 9.17) is 9.47 Å². The molecule has 0 amide bonds. The lowest BCUT2D eigenvalue weighted by Gasteiger charge is -2.14. The number of esters is 1. The quantitative estimate of drug-likeness (QED) is 0.364. The van der Waals surface area contributed by atoms with Gasteiger partial charge in [-0.2, -0.15) is 0 Å². The summed E-state index contributed by atoms with van der Waals surface area (Å²) in [4.78, 5) is 36.1. The molecular weight excluding hydrogens is 288 g/mol. The van der Waals surface area contributed by atoms with Gasteiger partial charge in [-0.05, 0) is 37.0 Å². The van der Waals surface area contributed by atoms with Crippen molar-refractivity contribution in [1.82, 2.24) is 0 Å². The van der Waals surface area contributed by atoms with Crippen LogP contribution in [0.3, 0.4) is 0 Å². The van der Waals surface area contributed by atoms with Crippen molar-refractivity contribution in [3.05, 3.63) is 23.3 Å². The number of aryl methyl sites for hydroxylation is 1. The van der Waals surface area contributed by atoms with Crippen molar-refractivity contribution in [3.63, 3.8) is 0 Å². The third-order valence-corrected chi connectivity index (χ3v) is 3.83. The first-order valence-electron chi connectivity index (χ1n) is 6.94. The number of hydrogen-bond donors (Lipinski definition) is 0. The highest BCUT2D eigenvalue weighted by Crippen LogP contribution is 2.35. The molecule has 6 nitrogen and oxygen atoms in total. The zero-order valence-electron chi connectivity index (χ0n) is 12.8. The second-order valence-electron chi connectivity index (χ2n) is 5.03. The highest BCUT2D eigenvalue weighted by Gasteiger charge is 2.35. The molecule has 0 bridgehead atoms. The van der Waals surface area contributed by atoms with Crippen LogP contribution < -0.4 is 9.47 Å². The fourth-order valence-corrected chi connectivity index (χ4v) is 2.67. The van der Waals surface area contributed by atoms with Crippen molar-refractivity contribution in [2.75, 3.05) is 21.3 Å². The normalized spacial score (nSPS) is 17.2. The molecule has 0 aromatic heterocycles. The van der Waals surface area contributed by atoms with Gasteiger partial charge in [-0.15, -0.1) is 0 Å². The maximum atomic E-state index is 12.6. The summed E-state index contributed by atoms with van der Waals surface area (Å²) in [5, 5.41) is 0. The summed E-state index contributed by atoms with van der Waals surface area (Å²) < 4.78 is 14.9. The Kier molecular flexibility index (Phi) is 4.80. The van der Waals surface area contributed by atoms with Crippen molar-refractivity contribution in [2.24, 2.45) is 5.92 Å². The third kappa shape index (κ3) is 2.81. The first-order valence-corrected chi connectivity index (χ1v) is 6.94. The minimum absolute atomic E-state index is 0.325. The Balaban J connectivity index is 2.45. The highest BCUT2D eigenvalue weighted by molar-refractivity contribution is 6.39. The molecule has 1 aromatic carbocycles. The van der Waals surface area contributed by atoms with Crippen molar-refractivity contribution >= 4 is 17.5 Å². The molecule has 0 N–H and O–H groups in total. The van der Waals surface area contributed by atoms with E-state index in [1.165, 1.54) is 14.2 Å². The molecule has 1 aliphatic carbocycles. The second-order valence-corrected chi connectivity index (χ2v) is 5.03. The Morgan fingerprint density at radius 2 is 1.73 bits per heavy atom. The van der Waals surface area contributed by atoms with Gasteiger partial charge in [0.05, 0.1) is 27.2 Å².